The topological polar surface area (TPSA) is 40.5 Å². The molecule has 1 heterocycles. The van der Waals surface area contributed by atoms with Crippen LogP contribution in [0.15, 0.2) is 35.2 Å². The maximum atomic E-state index is 11.4. The fraction of sp³-hybridized carbons (Fsp3) is 0.308. The molecule has 1 N–H and O–H groups in total. The molecule has 1 aliphatic rings. The third-order valence-corrected chi connectivity index (χ3v) is 3.62. The highest BCUT2D eigenvalue weighted by atomic mass is 32.2. The normalized spacial score (nSPS) is 15.0. The lowest BCUT2D eigenvalue weighted by molar-refractivity contribution is 0.0694. The molecule has 0 saturated heterocycles. The first kappa shape index (κ1) is 12.0. The molecule has 0 aliphatic carbocycles. The lowest BCUT2D eigenvalue weighted by atomic mass is 10.1. The summed E-state index contributed by atoms with van der Waals surface area (Å²) in [5.41, 5.74) is 1.25. The summed E-state index contributed by atoms with van der Waals surface area (Å²) in [6.07, 6.45) is 7.10. The Bertz CT molecular complexity index is 457. The van der Waals surface area contributed by atoms with Gasteiger partial charge in [0.15, 0.2) is 0 Å². The Balaban J connectivity index is 2.45. The van der Waals surface area contributed by atoms with Gasteiger partial charge in [0.1, 0.15) is 0 Å². The van der Waals surface area contributed by atoms with Crippen molar-refractivity contribution in [3.05, 3.63) is 35.9 Å². The van der Waals surface area contributed by atoms with Gasteiger partial charge in [-0.2, -0.15) is 0 Å². The van der Waals surface area contributed by atoms with E-state index in [4.69, 9.17) is 0 Å². The third-order valence-electron chi connectivity index (χ3n) is 2.84. The van der Waals surface area contributed by atoms with E-state index in [0.29, 0.717) is 5.56 Å². The molecule has 0 spiro atoms. The van der Waals surface area contributed by atoms with Crippen molar-refractivity contribution in [3.63, 3.8) is 0 Å². The van der Waals surface area contributed by atoms with Crippen molar-refractivity contribution in [2.45, 2.75) is 11.3 Å². The second-order valence-corrected chi connectivity index (χ2v) is 4.71. The van der Waals surface area contributed by atoms with Crippen LogP contribution in [0.3, 0.4) is 0 Å². The Hall–Kier alpha value is -1.42. The summed E-state index contributed by atoms with van der Waals surface area (Å²) in [7, 11) is 0. The minimum atomic E-state index is -0.848. The molecule has 0 unspecified atom stereocenters. The van der Waals surface area contributed by atoms with E-state index in [2.05, 4.69) is 17.1 Å². The van der Waals surface area contributed by atoms with Crippen molar-refractivity contribution in [1.29, 1.82) is 0 Å². The van der Waals surface area contributed by atoms with Crippen LogP contribution in [0.4, 0.5) is 5.69 Å². The molecule has 90 valence electrons. The van der Waals surface area contributed by atoms with Gasteiger partial charge in [0.05, 0.1) is 11.3 Å². The largest absolute Gasteiger partial charge is 0.478 e. The van der Waals surface area contributed by atoms with Crippen molar-refractivity contribution in [2.24, 2.45) is 0 Å². The fourth-order valence-corrected chi connectivity index (χ4v) is 2.64. The van der Waals surface area contributed by atoms with Gasteiger partial charge in [0, 0.05) is 18.0 Å². The van der Waals surface area contributed by atoms with E-state index in [1.165, 1.54) is 11.8 Å². The summed E-state index contributed by atoms with van der Waals surface area (Å²) in [6.45, 7) is 1.67. The van der Waals surface area contributed by atoms with Gasteiger partial charge in [-0.3, -0.25) is 0 Å². The summed E-state index contributed by atoms with van der Waals surface area (Å²) < 4.78 is 0. The highest BCUT2D eigenvalue weighted by Crippen LogP contribution is 2.30. The third kappa shape index (κ3) is 2.47. The van der Waals surface area contributed by atoms with Gasteiger partial charge >= 0.3 is 5.97 Å². The monoisotopic (exact) mass is 249 g/mol. The van der Waals surface area contributed by atoms with Gasteiger partial charge in [-0.15, -0.1) is 11.8 Å². The molecule has 0 amide bonds. The second kappa shape index (κ2) is 5.27. The quantitative estimate of drug-likeness (QED) is 0.660. The summed E-state index contributed by atoms with van der Waals surface area (Å²) in [4.78, 5) is 14.3. The SMILES string of the molecule is CSc1cccc(N2CC=CCC2)c1C(=O)O. The Kier molecular flexibility index (Phi) is 3.74. The van der Waals surface area contributed by atoms with E-state index in [1.807, 2.05) is 24.5 Å². The number of hydrogen-bond acceptors (Lipinski definition) is 3. The molecular weight excluding hydrogens is 234 g/mol. The maximum Gasteiger partial charge on any atom is 0.338 e. The number of carboxylic acids is 1. The van der Waals surface area contributed by atoms with E-state index < -0.39 is 5.97 Å². The smallest absolute Gasteiger partial charge is 0.338 e. The molecule has 17 heavy (non-hydrogen) atoms. The van der Waals surface area contributed by atoms with Crippen LogP contribution >= 0.6 is 11.8 Å². The van der Waals surface area contributed by atoms with Gasteiger partial charge in [0.25, 0.3) is 0 Å². The zero-order valence-corrected chi connectivity index (χ0v) is 10.5. The number of carboxylic acid groups (broad SMARTS) is 1. The standard InChI is InChI=1S/C13H15NO2S/c1-17-11-7-5-6-10(12(11)13(15)16)14-8-3-2-4-9-14/h2-3,5-7H,4,8-9H2,1H3,(H,15,16). The van der Waals surface area contributed by atoms with Crippen LogP contribution in [0, 0.1) is 0 Å². The number of rotatable bonds is 3. The predicted molar refractivity (Wildman–Crippen MR) is 71.2 cm³/mol. The van der Waals surface area contributed by atoms with Crippen LogP contribution in [0.25, 0.3) is 0 Å². The zero-order chi connectivity index (χ0) is 12.3. The van der Waals surface area contributed by atoms with Crippen molar-refractivity contribution in [3.8, 4) is 0 Å². The second-order valence-electron chi connectivity index (χ2n) is 3.87. The minimum absolute atomic E-state index is 0.426. The number of benzene rings is 1. The van der Waals surface area contributed by atoms with Gasteiger partial charge in [-0.05, 0) is 24.8 Å². The molecule has 4 heteroatoms. The highest BCUT2D eigenvalue weighted by Gasteiger charge is 2.19. The molecule has 0 saturated carbocycles. The molecule has 1 aromatic rings. The van der Waals surface area contributed by atoms with E-state index in [-0.39, 0.29) is 0 Å². The van der Waals surface area contributed by atoms with Gasteiger partial charge < -0.3 is 10.0 Å². The van der Waals surface area contributed by atoms with Crippen LogP contribution in [0.1, 0.15) is 16.8 Å². The number of aromatic carboxylic acids is 1. The molecule has 1 aliphatic heterocycles. The Morgan fingerprint density at radius 2 is 2.24 bits per heavy atom. The Morgan fingerprint density at radius 1 is 1.41 bits per heavy atom. The van der Waals surface area contributed by atoms with E-state index in [0.717, 1.165) is 30.1 Å². The molecule has 0 bridgehead atoms. The number of nitrogens with zero attached hydrogens (tertiary/aromatic N) is 1. The molecule has 0 atom stereocenters. The average molecular weight is 249 g/mol. The first-order chi connectivity index (χ1) is 8.24. The summed E-state index contributed by atoms with van der Waals surface area (Å²) in [5.74, 6) is -0.848. The first-order valence-electron chi connectivity index (χ1n) is 5.54. The molecule has 2 rings (SSSR count). The van der Waals surface area contributed by atoms with Gasteiger partial charge in [-0.25, -0.2) is 4.79 Å². The zero-order valence-electron chi connectivity index (χ0n) is 9.72. The van der Waals surface area contributed by atoms with E-state index in [9.17, 15) is 9.90 Å². The number of thioether (sulfide) groups is 1. The number of carbonyl (C=O) groups is 1. The summed E-state index contributed by atoms with van der Waals surface area (Å²) >= 11 is 1.48. The summed E-state index contributed by atoms with van der Waals surface area (Å²) in [6, 6.07) is 5.67. The molecule has 0 radical (unpaired) electrons. The Labute approximate surface area is 105 Å². The number of anilines is 1. The van der Waals surface area contributed by atoms with Gasteiger partial charge in [-0.1, -0.05) is 18.2 Å². The number of hydrogen-bond donors (Lipinski definition) is 1. The molecule has 3 nitrogen and oxygen atoms in total. The van der Waals surface area contributed by atoms with Crippen LogP contribution in [-0.2, 0) is 0 Å². The molecule has 1 aromatic carbocycles. The lowest BCUT2D eigenvalue weighted by Gasteiger charge is -2.27. The predicted octanol–water partition coefficient (Wildman–Crippen LogP) is 2.87. The van der Waals surface area contributed by atoms with Crippen molar-refractivity contribution >= 4 is 23.4 Å². The molecule has 0 aromatic heterocycles. The highest BCUT2D eigenvalue weighted by molar-refractivity contribution is 7.98. The van der Waals surface area contributed by atoms with Crippen molar-refractivity contribution < 1.29 is 9.90 Å². The van der Waals surface area contributed by atoms with Crippen molar-refractivity contribution in [2.75, 3.05) is 24.2 Å². The van der Waals surface area contributed by atoms with Crippen molar-refractivity contribution in [1.82, 2.24) is 0 Å². The lowest BCUT2D eigenvalue weighted by Crippen LogP contribution is -2.28. The molecular formula is C13H15NO2S. The van der Waals surface area contributed by atoms with Crippen LogP contribution in [0.5, 0.6) is 0 Å². The van der Waals surface area contributed by atoms with E-state index >= 15 is 0 Å². The van der Waals surface area contributed by atoms with Crippen LogP contribution < -0.4 is 4.90 Å². The van der Waals surface area contributed by atoms with Crippen LogP contribution in [-0.4, -0.2) is 30.4 Å². The minimum Gasteiger partial charge on any atom is -0.478 e. The summed E-state index contributed by atoms with van der Waals surface area (Å²) in [5, 5.41) is 9.35. The van der Waals surface area contributed by atoms with Crippen LogP contribution in [0.2, 0.25) is 0 Å². The Morgan fingerprint density at radius 3 is 2.82 bits per heavy atom. The van der Waals surface area contributed by atoms with Gasteiger partial charge in [0.2, 0.25) is 0 Å². The maximum absolute atomic E-state index is 11.4. The fourth-order valence-electron chi connectivity index (χ4n) is 2.03. The average Bonchev–Trinajstić information content (AvgIpc) is 2.38. The van der Waals surface area contributed by atoms with E-state index in [1.54, 1.807) is 0 Å². The first-order valence-corrected chi connectivity index (χ1v) is 6.76. The molecule has 0 fully saturated rings.